The number of rotatable bonds is 11. The third-order valence-corrected chi connectivity index (χ3v) is 6.78. The van der Waals surface area contributed by atoms with Crippen molar-refractivity contribution in [3.8, 4) is 5.75 Å². The number of amides is 1. The standard InChI is InChI=1S/C29H38NO7P/c1-20(11-16-25-22(3)10-7-17-29(25,4)5)8-6-9-21(2)18-27(31)30-26(28(32)33)19-23-12-14-24(15-13-23)37-38(34,35)36/h6,8-9,11-16,18,26H,7,10,17,19H2,1-5H3,(H,30,31)(H,32,33)(H2,34,35,36)/b9-6?,16-11?,20-8?,21-18-/t26-/m0/s1. The van der Waals surface area contributed by atoms with Crippen molar-refractivity contribution in [1.82, 2.24) is 5.32 Å². The Morgan fingerprint density at radius 1 is 1.13 bits per heavy atom. The van der Waals surface area contributed by atoms with Crippen LogP contribution in [0, 0.1) is 5.41 Å². The molecule has 9 heteroatoms. The van der Waals surface area contributed by atoms with Crippen LogP contribution in [0.2, 0.25) is 0 Å². The van der Waals surface area contributed by atoms with Crippen LogP contribution in [-0.2, 0) is 20.6 Å². The Balaban J connectivity index is 1.97. The van der Waals surface area contributed by atoms with Crippen LogP contribution in [0.5, 0.6) is 5.75 Å². The Labute approximate surface area is 224 Å². The highest BCUT2D eigenvalue weighted by Crippen LogP contribution is 2.41. The molecule has 0 radical (unpaired) electrons. The van der Waals surface area contributed by atoms with Gasteiger partial charge in [-0.15, -0.1) is 0 Å². The lowest BCUT2D eigenvalue weighted by molar-refractivity contribution is -0.141. The van der Waals surface area contributed by atoms with Crippen LogP contribution in [0.25, 0.3) is 0 Å². The van der Waals surface area contributed by atoms with Gasteiger partial charge in [-0.1, -0.05) is 67.5 Å². The molecular weight excluding hydrogens is 505 g/mol. The molecule has 1 aromatic rings. The normalized spacial score (nSPS) is 17.7. The van der Waals surface area contributed by atoms with Crippen LogP contribution < -0.4 is 9.84 Å². The summed E-state index contributed by atoms with van der Waals surface area (Å²) in [4.78, 5) is 41.8. The molecule has 0 heterocycles. The molecule has 0 spiro atoms. The zero-order valence-electron chi connectivity index (χ0n) is 22.6. The Morgan fingerprint density at radius 2 is 1.79 bits per heavy atom. The molecule has 0 saturated heterocycles. The Kier molecular flexibility index (Phi) is 11.1. The number of benzene rings is 1. The summed E-state index contributed by atoms with van der Waals surface area (Å²) < 4.78 is 15.4. The van der Waals surface area contributed by atoms with E-state index in [4.69, 9.17) is 9.79 Å². The van der Waals surface area contributed by atoms with Crippen molar-refractivity contribution in [3.05, 3.63) is 88.6 Å². The quantitative estimate of drug-likeness (QED) is 0.157. The maximum absolute atomic E-state index is 12.4. The molecule has 2 rings (SSSR count). The monoisotopic (exact) mass is 543 g/mol. The third-order valence-electron chi connectivity index (χ3n) is 6.33. The van der Waals surface area contributed by atoms with E-state index in [-0.39, 0.29) is 17.6 Å². The summed E-state index contributed by atoms with van der Waals surface area (Å²) in [7, 11) is -4.68. The van der Waals surface area contributed by atoms with Crippen molar-refractivity contribution in [2.24, 2.45) is 5.41 Å². The van der Waals surface area contributed by atoms with Crippen molar-refractivity contribution < 1.29 is 33.6 Å². The molecule has 1 aromatic carbocycles. The second-order valence-electron chi connectivity index (χ2n) is 10.3. The number of nitrogens with one attached hydrogen (secondary N) is 1. The van der Waals surface area contributed by atoms with E-state index >= 15 is 0 Å². The van der Waals surface area contributed by atoms with E-state index in [1.165, 1.54) is 54.3 Å². The van der Waals surface area contributed by atoms with E-state index in [9.17, 15) is 19.3 Å². The van der Waals surface area contributed by atoms with E-state index in [0.717, 1.165) is 12.0 Å². The highest BCUT2D eigenvalue weighted by atomic mass is 31.2. The fourth-order valence-corrected chi connectivity index (χ4v) is 4.76. The molecule has 1 atom stereocenters. The second-order valence-corrected chi connectivity index (χ2v) is 11.4. The Bertz CT molecular complexity index is 1210. The van der Waals surface area contributed by atoms with E-state index in [1.54, 1.807) is 13.0 Å². The summed E-state index contributed by atoms with van der Waals surface area (Å²) in [5.41, 5.74) is 5.29. The molecule has 0 fully saturated rings. The van der Waals surface area contributed by atoms with Gasteiger partial charge in [0.1, 0.15) is 11.8 Å². The van der Waals surface area contributed by atoms with Crippen molar-refractivity contribution in [1.29, 1.82) is 0 Å². The largest absolute Gasteiger partial charge is 0.524 e. The fraction of sp³-hybridized carbons (Fsp3) is 0.379. The van der Waals surface area contributed by atoms with Gasteiger partial charge in [-0.2, -0.15) is 0 Å². The highest BCUT2D eigenvalue weighted by molar-refractivity contribution is 7.46. The predicted molar refractivity (Wildman–Crippen MR) is 149 cm³/mol. The van der Waals surface area contributed by atoms with Crippen molar-refractivity contribution in [3.63, 3.8) is 0 Å². The molecule has 0 saturated carbocycles. The average Bonchev–Trinajstić information content (AvgIpc) is 2.78. The van der Waals surface area contributed by atoms with Crippen molar-refractivity contribution >= 4 is 19.7 Å². The molecule has 0 unspecified atom stereocenters. The number of hydrogen-bond donors (Lipinski definition) is 4. The number of carbonyl (C=O) groups excluding carboxylic acids is 1. The summed E-state index contributed by atoms with van der Waals surface area (Å²) in [5, 5.41) is 12.0. The molecule has 38 heavy (non-hydrogen) atoms. The van der Waals surface area contributed by atoms with Gasteiger partial charge in [-0.05, 0) is 74.3 Å². The average molecular weight is 544 g/mol. The lowest BCUT2D eigenvalue weighted by atomic mass is 9.72. The topological polar surface area (TPSA) is 133 Å². The zero-order chi connectivity index (χ0) is 28.5. The van der Waals surface area contributed by atoms with Crippen molar-refractivity contribution in [2.45, 2.75) is 66.3 Å². The van der Waals surface area contributed by atoms with Gasteiger partial charge in [0.15, 0.2) is 0 Å². The number of carbonyl (C=O) groups is 2. The maximum Gasteiger partial charge on any atom is 0.524 e. The van der Waals surface area contributed by atoms with Crippen LogP contribution in [0.4, 0.5) is 0 Å². The van der Waals surface area contributed by atoms with Crippen LogP contribution in [0.15, 0.2) is 83.0 Å². The van der Waals surface area contributed by atoms with Gasteiger partial charge < -0.3 is 14.9 Å². The van der Waals surface area contributed by atoms with Gasteiger partial charge in [-0.25, -0.2) is 9.36 Å². The molecule has 8 nitrogen and oxygen atoms in total. The van der Waals surface area contributed by atoms with Crippen molar-refractivity contribution in [2.75, 3.05) is 0 Å². The SMILES string of the molecule is CC(C=CC1=C(C)CCCC1(C)C)=CC=C/C(C)=C\C(=O)N[C@@H](Cc1ccc(OP(=O)(O)O)cc1)C(=O)O. The van der Waals surface area contributed by atoms with Gasteiger partial charge >= 0.3 is 13.8 Å². The van der Waals surface area contributed by atoms with E-state index < -0.39 is 25.7 Å². The first-order chi connectivity index (χ1) is 17.7. The van der Waals surface area contributed by atoms with Crippen LogP contribution >= 0.6 is 7.82 Å². The van der Waals surface area contributed by atoms with E-state index in [1.807, 2.05) is 19.1 Å². The number of carboxylic acid groups (broad SMARTS) is 1. The van der Waals surface area contributed by atoms with Gasteiger partial charge in [0.05, 0.1) is 0 Å². The minimum Gasteiger partial charge on any atom is -0.480 e. The maximum atomic E-state index is 12.4. The Hall–Kier alpha value is -3.19. The lowest BCUT2D eigenvalue weighted by Gasteiger charge is -2.32. The van der Waals surface area contributed by atoms with Crippen LogP contribution in [-0.4, -0.2) is 32.8 Å². The smallest absolute Gasteiger partial charge is 0.480 e. The minimum absolute atomic E-state index is 0.0129. The number of allylic oxidation sites excluding steroid dienone is 9. The second kappa shape index (κ2) is 13.6. The molecule has 4 N–H and O–H groups in total. The van der Waals surface area contributed by atoms with E-state index in [0.29, 0.717) is 11.1 Å². The first kappa shape index (κ1) is 31.0. The van der Waals surface area contributed by atoms with Crippen LogP contribution in [0.1, 0.15) is 59.4 Å². The fourth-order valence-electron chi connectivity index (χ4n) is 4.36. The number of aliphatic carboxylic acids is 1. The van der Waals surface area contributed by atoms with Gasteiger partial charge in [-0.3, -0.25) is 14.6 Å². The molecule has 1 amide bonds. The number of phosphoric ester groups is 1. The zero-order valence-corrected chi connectivity index (χ0v) is 23.5. The summed E-state index contributed by atoms with van der Waals surface area (Å²) in [6.07, 6.45) is 14.8. The first-order valence-electron chi connectivity index (χ1n) is 12.5. The minimum atomic E-state index is -4.68. The summed E-state index contributed by atoms with van der Waals surface area (Å²) in [6, 6.07) is 4.42. The summed E-state index contributed by atoms with van der Waals surface area (Å²) in [5.74, 6) is -1.79. The van der Waals surface area contributed by atoms with Gasteiger partial charge in [0.2, 0.25) is 5.91 Å². The lowest BCUT2D eigenvalue weighted by Crippen LogP contribution is -2.41. The third kappa shape index (κ3) is 10.7. The number of carboxylic acids is 1. The number of hydrogen-bond acceptors (Lipinski definition) is 4. The van der Waals surface area contributed by atoms with E-state index in [2.05, 4.69) is 42.8 Å². The predicted octanol–water partition coefficient (Wildman–Crippen LogP) is 5.80. The number of phosphoric acid groups is 1. The van der Waals surface area contributed by atoms with Gasteiger partial charge in [0.25, 0.3) is 0 Å². The summed E-state index contributed by atoms with van der Waals surface area (Å²) in [6.45, 7) is 10.5. The molecule has 0 bridgehead atoms. The summed E-state index contributed by atoms with van der Waals surface area (Å²) >= 11 is 0. The van der Waals surface area contributed by atoms with Crippen LogP contribution in [0.3, 0.4) is 0 Å². The molecule has 1 aliphatic carbocycles. The molecule has 0 aliphatic heterocycles. The first-order valence-corrected chi connectivity index (χ1v) is 14.0. The molecule has 206 valence electrons. The highest BCUT2D eigenvalue weighted by Gasteiger charge is 2.26. The molecule has 1 aliphatic rings. The molecular formula is C29H38NO7P. The Morgan fingerprint density at radius 3 is 2.37 bits per heavy atom. The van der Waals surface area contributed by atoms with Gasteiger partial charge in [0, 0.05) is 12.5 Å². The molecule has 0 aromatic heterocycles.